The lowest BCUT2D eigenvalue weighted by atomic mass is 9.84. The number of hydrogen-bond acceptors (Lipinski definition) is 4. The Hall–Kier alpha value is -1.56. The van der Waals surface area contributed by atoms with Crippen LogP contribution in [0.5, 0.6) is 11.5 Å². The summed E-state index contributed by atoms with van der Waals surface area (Å²) in [4.78, 5) is 2.44. The summed E-state index contributed by atoms with van der Waals surface area (Å²) in [7, 11) is 1.44. The molecule has 3 aliphatic heterocycles. The first-order valence-electron chi connectivity index (χ1n) is 7.27. The first kappa shape index (κ1) is 14.4. The summed E-state index contributed by atoms with van der Waals surface area (Å²) in [5.41, 5.74) is 0.796. The molecule has 3 heterocycles. The van der Waals surface area contributed by atoms with Gasteiger partial charge in [0.05, 0.1) is 7.11 Å². The summed E-state index contributed by atoms with van der Waals surface area (Å²) in [6, 6.07) is 5.46. The Labute approximate surface area is 123 Å². The summed E-state index contributed by atoms with van der Waals surface area (Å²) in [5, 5.41) is 3.46. The molecule has 1 atom stereocenters. The number of anilines is 1. The number of halogens is 2. The Morgan fingerprint density at radius 1 is 1.24 bits per heavy atom. The summed E-state index contributed by atoms with van der Waals surface area (Å²) in [5.74, 6) is 1.05. The first-order chi connectivity index (χ1) is 10.2. The van der Waals surface area contributed by atoms with Crippen LogP contribution in [0.1, 0.15) is 12.8 Å². The average Bonchev–Trinajstić information content (AvgIpc) is 2.48. The third-order valence-electron chi connectivity index (χ3n) is 4.39. The number of benzene rings is 1. The molecule has 0 aliphatic carbocycles. The Morgan fingerprint density at radius 2 is 2.00 bits per heavy atom. The van der Waals surface area contributed by atoms with E-state index >= 15 is 0 Å². The van der Waals surface area contributed by atoms with E-state index in [1.54, 1.807) is 12.1 Å². The average molecular weight is 298 g/mol. The van der Waals surface area contributed by atoms with E-state index < -0.39 is 6.61 Å². The number of hydrogen-bond donors (Lipinski definition) is 1. The molecule has 1 aromatic carbocycles. The number of piperidine rings is 3. The molecule has 2 bridgehead atoms. The van der Waals surface area contributed by atoms with E-state index in [0.717, 1.165) is 12.2 Å². The van der Waals surface area contributed by atoms with Crippen LogP contribution < -0.4 is 14.8 Å². The molecular formula is C15H20F2N2O2. The van der Waals surface area contributed by atoms with Crippen LogP contribution in [0.2, 0.25) is 0 Å². The molecule has 1 aromatic rings. The van der Waals surface area contributed by atoms with E-state index in [1.807, 2.05) is 6.07 Å². The molecular weight excluding hydrogens is 278 g/mol. The van der Waals surface area contributed by atoms with Crippen molar-refractivity contribution in [3.05, 3.63) is 18.2 Å². The fraction of sp³-hybridized carbons (Fsp3) is 0.600. The second-order valence-corrected chi connectivity index (χ2v) is 5.63. The van der Waals surface area contributed by atoms with Crippen molar-refractivity contribution in [3.8, 4) is 11.5 Å². The van der Waals surface area contributed by atoms with Gasteiger partial charge in [-0.1, -0.05) is 0 Å². The highest BCUT2D eigenvalue weighted by Crippen LogP contribution is 2.34. The predicted octanol–water partition coefficient (Wildman–Crippen LogP) is 2.80. The summed E-state index contributed by atoms with van der Waals surface area (Å²) in [6.45, 7) is 0.504. The van der Waals surface area contributed by atoms with E-state index in [4.69, 9.17) is 4.74 Å². The number of nitrogens with zero attached hydrogens (tertiary/aromatic N) is 1. The van der Waals surface area contributed by atoms with Gasteiger partial charge in [0, 0.05) is 24.3 Å². The van der Waals surface area contributed by atoms with Crippen LogP contribution in [-0.4, -0.2) is 44.3 Å². The van der Waals surface area contributed by atoms with Gasteiger partial charge in [-0.05, 0) is 44.0 Å². The van der Waals surface area contributed by atoms with Crippen LogP contribution in [0.4, 0.5) is 14.5 Å². The summed E-state index contributed by atoms with van der Waals surface area (Å²) >= 11 is 0. The maximum absolute atomic E-state index is 12.4. The number of alkyl halides is 2. The quantitative estimate of drug-likeness (QED) is 0.906. The summed E-state index contributed by atoms with van der Waals surface area (Å²) in [6.07, 6.45) is 2.41. The number of nitrogens with one attached hydrogen (secondary N) is 1. The van der Waals surface area contributed by atoms with Gasteiger partial charge in [0.1, 0.15) is 0 Å². The molecule has 3 saturated heterocycles. The van der Waals surface area contributed by atoms with Crippen LogP contribution >= 0.6 is 0 Å². The zero-order valence-corrected chi connectivity index (χ0v) is 12.0. The lowest BCUT2D eigenvalue weighted by Gasteiger charge is -2.45. The predicted molar refractivity (Wildman–Crippen MR) is 76.2 cm³/mol. The van der Waals surface area contributed by atoms with Gasteiger partial charge < -0.3 is 19.7 Å². The molecule has 3 fully saturated rings. The van der Waals surface area contributed by atoms with Crippen molar-refractivity contribution < 1.29 is 18.3 Å². The van der Waals surface area contributed by atoms with Crippen LogP contribution in [-0.2, 0) is 0 Å². The van der Waals surface area contributed by atoms with E-state index in [-0.39, 0.29) is 5.75 Å². The first-order valence-corrected chi connectivity index (χ1v) is 7.27. The third kappa shape index (κ3) is 3.20. The molecule has 116 valence electrons. The molecule has 4 rings (SSSR count). The lowest BCUT2D eigenvalue weighted by molar-refractivity contribution is -0.0511. The topological polar surface area (TPSA) is 33.7 Å². The molecule has 0 amide bonds. The SMILES string of the molecule is COc1ccc(NC2CN3CCC2CC3)cc1OC(F)F. The van der Waals surface area contributed by atoms with Gasteiger partial charge in [-0.2, -0.15) is 8.78 Å². The fourth-order valence-corrected chi connectivity index (χ4v) is 3.30. The van der Waals surface area contributed by atoms with Gasteiger partial charge in [-0.3, -0.25) is 0 Å². The van der Waals surface area contributed by atoms with Gasteiger partial charge in [0.15, 0.2) is 11.5 Å². The van der Waals surface area contributed by atoms with Crippen LogP contribution in [0.15, 0.2) is 18.2 Å². The van der Waals surface area contributed by atoms with Crippen molar-refractivity contribution in [3.63, 3.8) is 0 Å². The van der Waals surface area contributed by atoms with Crippen molar-refractivity contribution in [2.45, 2.75) is 25.5 Å². The van der Waals surface area contributed by atoms with Crippen LogP contribution in [0.3, 0.4) is 0 Å². The molecule has 0 saturated carbocycles. The smallest absolute Gasteiger partial charge is 0.387 e. The molecule has 3 aliphatic rings. The largest absolute Gasteiger partial charge is 0.493 e. The highest BCUT2D eigenvalue weighted by molar-refractivity contribution is 5.55. The number of rotatable bonds is 5. The van der Waals surface area contributed by atoms with E-state index in [1.165, 1.54) is 33.0 Å². The molecule has 21 heavy (non-hydrogen) atoms. The molecule has 6 heteroatoms. The number of ether oxygens (including phenoxy) is 2. The van der Waals surface area contributed by atoms with E-state index in [0.29, 0.717) is 17.7 Å². The van der Waals surface area contributed by atoms with Crippen molar-refractivity contribution in [2.75, 3.05) is 32.1 Å². The van der Waals surface area contributed by atoms with Crippen molar-refractivity contribution >= 4 is 5.69 Å². The van der Waals surface area contributed by atoms with Crippen LogP contribution in [0, 0.1) is 5.92 Å². The number of methoxy groups -OCH3 is 1. The zero-order valence-electron chi connectivity index (χ0n) is 12.0. The standard InChI is InChI=1S/C15H20F2N2O2/c1-20-13-3-2-11(8-14(13)21-15(16)17)18-12-9-19-6-4-10(12)5-7-19/h2-3,8,10,12,15,18H,4-7,9H2,1H3. The maximum atomic E-state index is 12.4. The molecule has 0 aromatic heterocycles. The third-order valence-corrected chi connectivity index (χ3v) is 4.39. The van der Waals surface area contributed by atoms with Crippen molar-refractivity contribution in [1.29, 1.82) is 0 Å². The minimum Gasteiger partial charge on any atom is -0.493 e. The second kappa shape index (κ2) is 6.05. The zero-order chi connectivity index (χ0) is 14.8. The minimum absolute atomic E-state index is 0.0683. The van der Waals surface area contributed by atoms with Crippen LogP contribution in [0.25, 0.3) is 0 Å². The Balaban J connectivity index is 1.73. The summed E-state index contributed by atoms with van der Waals surface area (Å²) < 4.78 is 34.5. The monoisotopic (exact) mass is 298 g/mol. The molecule has 0 spiro atoms. The van der Waals surface area contributed by atoms with Gasteiger partial charge >= 0.3 is 6.61 Å². The van der Waals surface area contributed by atoms with Gasteiger partial charge in [0.25, 0.3) is 0 Å². The number of fused-ring (bicyclic) bond motifs is 3. The minimum atomic E-state index is -2.86. The molecule has 0 radical (unpaired) electrons. The van der Waals surface area contributed by atoms with Crippen molar-refractivity contribution in [2.24, 2.45) is 5.92 Å². The fourth-order valence-electron chi connectivity index (χ4n) is 3.30. The second-order valence-electron chi connectivity index (χ2n) is 5.63. The highest BCUT2D eigenvalue weighted by Gasteiger charge is 2.34. The van der Waals surface area contributed by atoms with Gasteiger partial charge in [0.2, 0.25) is 0 Å². The lowest BCUT2D eigenvalue weighted by Crippen LogP contribution is -2.53. The Morgan fingerprint density at radius 3 is 2.57 bits per heavy atom. The van der Waals surface area contributed by atoms with Gasteiger partial charge in [-0.15, -0.1) is 0 Å². The molecule has 4 nitrogen and oxygen atoms in total. The van der Waals surface area contributed by atoms with E-state index in [2.05, 4.69) is 15.0 Å². The van der Waals surface area contributed by atoms with E-state index in [9.17, 15) is 8.78 Å². The Bertz CT molecular complexity index is 491. The molecule has 1 N–H and O–H groups in total. The normalized spacial score (nSPS) is 27.7. The van der Waals surface area contributed by atoms with Crippen molar-refractivity contribution in [1.82, 2.24) is 4.90 Å². The Kier molecular flexibility index (Phi) is 4.14. The maximum Gasteiger partial charge on any atom is 0.387 e. The highest BCUT2D eigenvalue weighted by atomic mass is 19.3. The molecule has 1 unspecified atom stereocenters. The van der Waals surface area contributed by atoms with Gasteiger partial charge in [-0.25, -0.2) is 0 Å².